The van der Waals surface area contributed by atoms with Crippen molar-refractivity contribution in [3.63, 3.8) is 0 Å². The molecular weight excluding hydrogens is 414 g/mol. The zero-order chi connectivity index (χ0) is 23.3. The normalized spacial score (nSPS) is 11.5. The number of likely N-dealkylation sites (N-methyl/N-ethyl adjacent to an activating group) is 2. The number of hydrogen-bond donors (Lipinski definition) is 2. The third-order valence-electron chi connectivity index (χ3n) is 5.38. The smallest absolute Gasteiger partial charge is 0.352 e. The molecule has 1 amide bonds. The van der Waals surface area contributed by atoms with Gasteiger partial charge in [0.15, 0.2) is 0 Å². The van der Waals surface area contributed by atoms with Crippen LogP contribution in [-0.4, -0.2) is 58.4 Å². The molecule has 0 spiro atoms. The number of nitrogens with one attached hydrogen (secondary N) is 1. The van der Waals surface area contributed by atoms with Gasteiger partial charge >= 0.3 is 5.97 Å². The van der Waals surface area contributed by atoms with E-state index in [2.05, 4.69) is 4.98 Å². The summed E-state index contributed by atoms with van der Waals surface area (Å²) in [6.45, 7) is 11.4. The van der Waals surface area contributed by atoms with Crippen LogP contribution in [0.15, 0.2) is 40.6 Å². The minimum Gasteiger partial charge on any atom is -0.477 e. The summed E-state index contributed by atoms with van der Waals surface area (Å²) in [5.41, 5.74) is 4.40. The Kier molecular flexibility index (Phi) is 8.34. The Bertz CT molecular complexity index is 1030. The standard InChI is InChI=1S/C24H32ClN3O3/c1-7-19(25)23(15(3)4)27(6)11-12-28(8-2)21(29)14-18-17-13-16(5)9-10-20(17)26-22(18)24(30)31/h7,9-10,13,26H,8,11-12,14H2,1-6H3,(H,30,31)/b19-7+. The van der Waals surface area contributed by atoms with E-state index in [9.17, 15) is 14.7 Å². The van der Waals surface area contributed by atoms with Crippen molar-refractivity contribution in [2.24, 2.45) is 0 Å². The first-order valence-corrected chi connectivity index (χ1v) is 10.8. The van der Waals surface area contributed by atoms with E-state index in [0.29, 0.717) is 30.2 Å². The van der Waals surface area contributed by atoms with Gasteiger partial charge in [0, 0.05) is 43.1 Å². The molecule has 2 rings (SSSR count). The summed E-state index contributed by atoms with van der Waals surface area (Å²) >= 11 is 6.36. The van der Waals surface area contributed by atoms with Crippen LogP contribution in [0.2, 0.25) is 0 Å². The van der Waals surface area contributed by atoms with Crippen LogP contribution in [-0.2, 0) is 11.2 Å². The summed E-state index contributed by atoms with van der Waals surface area (Å²) in [6.07, 6.45) is 1.89. The van der Waals surface area contributed by atoms with Gasteiger partial charge in [0.25, 0.3) is 0 Å². The number of benzene rings is 1. The number of nitrogens with zero attached hydrogens (tertiary/aromatic N) is 2. The van der Waals surface area contributed by atoms with Crippen molar-refractivity contribution < 1.29 is 14.7 Å². The Morgan fingerprint density at radius 2 is 1.90 bits per heavy atom. The number of carboxylic acids is 1. The first-order valence-electron chi connectivity index (χ1n) is 10.4. The van der Waals surface area contributed by atoms with Crippen molar-refractivity contribution in [2.45, 2.75) is 41.0 Å². The van der Waals surface area contributed by atoms with Gasteiger partial charge in [0.1, 0.15) is 5.69 Å². The summed E-state index contributed by atoms with van der Waals surface area (Å²) in [5, 5.41) is 11.1. The number of allylic oxidation sites excluding steroid dienone is 3. The van der Waals surface area contributed by atoms with Gasteiger partial charge < -0.3 is 19.9 Å². The highest BCUT2D eigenvalue weighted by molar-refractivity contribution is 6.31. The largest absolute Gasteiger partial charge is 0.477 e. The highest BCUT2D eigenvalue weighted by atomic mass is 35.5. The zero-order valence-electron chi connectivity index (χ0n) is 19.2. The first kappa shape index (κ1) is 24.5. The van der Waals surface area contributed by atoms with Crippen molar-refractivity contribution in [1.82, 2.24) is 14.8 Å². The lowest BCUT2D eigenvalue weighted by Gasteiger charge is -2.28. The molecule has 0 saturated heterocycles. The molecule has 0 fully saturated rings. The number of hydrogen-bond acceptors (Lipinski definition) is 3. The molecule has 1 aromatic carbocycles. The Morgan fingerprint density at radius 3 is 2.45 bits per heavy atom. The number of rotatable bonds is 9. The van der Waals surface area contributed by atoms with Crippen molar-refractivity contribution in [1.29, 1.82) is 0 Å². The maximum atomic E-state index is 13.1. The first-order chi connectivity index (χ1) is 14.6. The Hall–Kier alpha value is -2.73. The van der Waals surface area contributed by atoms with Gasteiger partial charge in [-0.25, -0.2) is 4.79 Å². The number of H-pyrrole nitrogens is 1. The minimum atomic E-state index is -1.06. The third-order valence-corrected chi connectivity index (χ3v) is 5.78. The number of aromatic nitrogens is 1. The van der Waals surface area contributed by atoms with Gasteiger partial charge in [-0.3, -0.25) is 4.79 Å². The summed E-state index contributed by atoms with van der Waals surface area (Å²) in [7, 11) is 1.96. The Morgan fingerprint density at radius 1 is 1.23 bits per heavy atom. The lowest BCUT2D eigenvalue weighted by Crippen LogP contribution is -2.38. The van der Waals surface area contributed by atoms with Crippen LogP contribution in [0.1, 0.15) is 49.3 Å². The number of amides is 1. The van der Waals surface area contributed by atoms with Crippen LogP contribution >= 0.6 is 11.6 Å². The maximum Gasteiger partial charge on any atom is 0.352 e. The van der Waals surface area contributed by atoms with E-state index in [1.165, 1.54) is 0 Å². The molecule has 6 nitrogen and oxygen atoms in total. The van der Waals surface area contributed by atoms with E-state index in [1.807, 2.05) is 70.8 Å². The molecule has 168 valence electrons. The molecule has 1 heterocycles. The van der Waals surface area contributed by atoms with E-state index in [1.54, 1.807) is 4.90 Å². The highest BCUT2D eigenvalue weighted by Crippen LogP contribution is 2.25. The molecule has 1 aromatic heterocycles. The molecule has 0 aliphatic carbocycles. The average Bonchev–Trinajstić information content (AvgIpc) is 3.06. The van der Waals surface area contributed by atoms with Crippen LogP contribution in [0.5, 0.6) is 0 Å². The van der Waals surface area contributed by atoms with E-state index in [0.717, 1.165) is 27.7 Å². The van der Waals surface area contributed by atoms with Crippen molar-refractivity contribution in [2.75, 3.05) is 26.7 Å². The number of carboxylic acid groups (broad SMARTS) is 1. The van der Waals surface area contributed by atoms with Crippen LogP contribution in [0.3, 0.4) is 0 Å². The van der Waals surface area contributed by atoms with Gasteiger partial charge in [-0.05, 0) is 46.8 Å². The molecule has 0 unspecified atom stereocenters. The van der Waals surface area contributed by atoms with E-state index >= 15 is 0 Å². The number of aromatic amines is 1. The Balaban J connectivity index is 2.22. The quantitative estimate of drug-likeness (QED) is 0.536. The third kappa shape index (κ3) is 5.70. The van der Waals surface area contributed by atoms with E-state index < -0.39 is 5.97 Å². The number of halogens is 1. The molecule has 7 heteroatoms. The van der Waals surface area contributed by atoms with Crippen LogP contribution in [0.4, 0.5) is 0 Å². The van der Waals surface area contributed by atoms with E-state index in [4.69, 9.17) is 11.6 Å². The minimum absolute atomic E-state index is 0.0355. The fourth-order valence-corrected chi connectivity index (χ4v) is 4.11. The van der Waals surface area contributed by atoms with Crippen molar-refractivity contribution in [3.8, 4) is 0 Å². The maximum absolute atomic E-state index is 13.1. The zero-order valence-corrected chi connectivity index (χ0v) is 19.9. The number of carbonyl (C=O) groups is 2. The lowest BCUT2D eigenvalue weighted by atomic mass is 10.0. The number of carbonyl (C=O) groups excluding carboxylic acids is 1. The van der Waals surface area contributed by atoms with Gasteiger partial charge in [-0.2, -0.15) is 0 Å². The second-order valence-corrected chi connectivity index (χ2v) is 8.30. The second-order valence-electron chi connectivity index (χ2n) is 7.89. The Labute approximate surface area is 189 Å². The van der Waals surface area contributed by atoms with Crippen LogP contribution < -0.4 is 0 Å². The summed E-state index contributed by atoms with van der Waals surface area (Å²) in [5.74, 6) is -1.16. The van der Waals surface area contributed by atoms with E-state index in [-0.39, 0.29) is 18.0 Å². The molecule has 0 saturated carbocycles. The van der Waals surface area contributed by atoms with Crippen LogP contribution in [0, 0.1) is 6.92 Å². The monoisotopic (exact) mass is 445 g/mol. The molecule has 0 bridgehead atoms. The fourth-order valence-electron chi connectivity index (χ4n) is 3.77. The highest BCUT2D eigenvalue weighted by Gasteiger charge is 2.22. The number of aromatic carboxylic acids is 1. The summed E-state index contributed by atoms with van der Waals surface area (Å²) in [4.78, 5) is 31.6. The molecule has 0 aliphatic heterocycles. The molecule has 31 heavy (non-hydrogen) atoms. The van der Waals surface area contributed by atoms with Crippen molar-refractivity contribution in [3.05, 3.63) is 57.4 Å². The van der Waals surface area contributed by atoms with Gasteiger partial charge in [-0.1, -0.05) is 34.9 Å². The van der Waals surface area contributed by atoms with Crippen molar-refractivity contribution >= 4 is 34.4 Å². The molecular formula is C24H32ClN3O3. The van der Waals surface area contributed by atoms with Gasteiger partial charge in [-0.15, -0.1) is 0 Å². The number of aryl methyl sites for hydroxylation is 1. The molecule has 0 atom stereocenters. The number of fused-ring (bicyclic) bond motifs is 1. The molecule has 2 aromatic rings. The topological polar surface area (TPSA) is 76.6 Å². The van der Waals surface area contributed by atoms with Gasteiger partial charge in [0.05, 0.1) is 17.2 Å². The van der Waals surface area contributed by atoms with Crippen LogP contribution in [0.25, 0.3) is 10.9 Å². The molecule has 0 radical (unpaired) electrons. The summed E-state index contributed by atoms with van der Waals surface area (Å²) in [6, 6.07) is 5.69. The lowest BCUT2D eigenvalue weighted by molar-refractivity contribution is -0.130. The SMILES string of the molecule is C/C=C(/Cl)C(=C(C)C)N(C)CCN(CC)C(=O)Cc1c(C(=O)O)[nH]c2ccc(C)cc12. The predicted octanol–water partition coefficient (Wildman–Crippen LogP) is 4.93. The fraction of sp³-hybridized carbons (Fsp3) is 0.417. The summed E-state index contributed by atoms with van der Waals surface area (Å²) < 4.78 is 0. The molecule has 2 N–H and O–H groups in total. The average molecular weight is 446 g/mol. The molecule has 0 aliphatic rings. The predicted molar refractivity (Wildman–Crippen MR) is 127 cm³/mol. The van der Waals surface area contributed by atoms with Gasteiger partial charge in [0.2, 0.25) is 5.91 Å². The second kappa shape index (κ2) is 10.5.